The van der Waals surface area contributed by atoms with Gasteiger partial charge < -0.3 is 9.30 Å². The van der Waals surface area contributed by atoms with Crippen LogP contribution >= 0.6 is 30.3 Å². The molecule has 0 N–H and O–H groups in total. The average molecular weight is 545 g/mol. The molecule has 6 nitrogen and oxygen atoms in total. The van der Waals surface area contributed by atoms with Gasteiger partial charge >= 0.3 is 0 Å². The van der Waals surface area contributed by atoms with E-state index in [0.717, 1.165) is 56.4 Å². The van der Waals surface area contributed by atoms with E-state index >= 15 is 0 Å². The summed E-state index contributed by atoms with van der Waals surface area (Å²) in [5, 5.41) is 7.68. The smallest absolute Gasteiger partial charge is 0.153 e. The van der Waals surface area contributed by atoms with Crippen molar-refractivity contribution in [1.82, 2.24) is 23.3 Å². The van der Waals surface area contributed by atoms with E-state index in [4.69, 9.17) is 9.72 Å². The van der Waals surface area contributed by atoms with Crippen molar-refractivity contribution >= 4 is 63.2 Å². The van der Waals surface area contributed by atoms with Gasteiger partial charge in [-0.1, -0.05) is 19.9 Å². The topological polar surface area (TPSA) is 49.8 Å². The Kier molecular flexibility index (Phi) is 6.29. The molecular formula is C23H24IN5OS. The van der Waals surface area contributed by atoms with Crippen LogP contribution < -0.4 is 4.74 Å². The fourth-order valence-electron chi connectivity index (χ4n) is 3.94. The Morgan fingerprint density at radius 1 is 1.19 bits per heavy atom. The van der Waals surface area contributed by atoms with Crippen LogP contribution in [0.2, 0.25) is 0 Å². The molecule has 0 fully saturated rings. The molecule has 0 amide bonds. The Balaban J connectivity index is 0.00000112. The van der Waals surface area contributed by atoms with E-state index in [-0.39, 0.29) is 0 Å². The lowest BCUT2D eigenvalue weighted by molar-refractivity contribution is 0.415. The van der Waals surface area contributed by atoms with Crippen molar-refractivity contribution in [3.05, 3.63) is 55.5 Å². The van der Waals surface area contributed by atoms with Crippen LogP contribution in [0, 0.1) is 0 Å². The van der Waals surface area contributed by atoms with Crippen molar-refractivity contribution in [3.8, 4) is 17.0 Å². The minimum atomic E-state index is 0.741. The number of ether oxygens (including phenoxy) is 1. The number of hydrogen-bond donors (Lipinski definition) is 0. The number of hydrogen-bond acceptors (Lipinski definition) is 4. The van der Waals surface area contributed by atoms with Crippen molar-refractivity contribution < 1.29 is 4.74 Å². The van der Waals surface area contributed by atoms with Crippen LogP contribution in [-0.2, 0) is 13.6 Å². The number of pyridine rings is 1. The molecule has 0 atom stereocenters. The maximum Gasteiger partial charge on any atom is 0.153 e. The van der Waals surface area contributed by atoms with Gasteiger partial charge in [-0.3, -0.25) is 8.65 Å². The van der Waals surface area contributed by atoms with E-state index in [9.17, 15) is 0 Å². The second-order valence-corrected chi connectivity index (χ2v) is 8.51. The zero-order valence-corrected chi connectivity index (χ0v) is 20.9. The fraction of sp³-hybridized carbons (Fsp3) is 0.217. The van der Waals surface area contributed by atoms with Crippen molar-refractivity contribution in [2.45, 2.75) is 20.4 Å². The van der Waals surface area contributed by atoms with Gasteiger partial charge in [0.2, 0.25) is 0 Å². The Bertz CT molecular complexity index is 1400. The number of nitrogens with zero attached hydrogens (tertiary/aromatic N) is 5. The fourth-order valence-corrected chi connectivity index (χ4v) is 5.58. The number of aryl methyl sites for hydroxylation is 1. The van der Waals surface area contributed by atoms with Crippen molar-refractivity contribution in [2.24, 2.45) is 7.05 Å². The zero-order chi connectivity index (χ0) is 22.1. The number of benzene rings is 1. The molecule has 0 unspecified atom stereocenters. The van der Waals surface area contributed by atoms with Crippen molar-refractivity contribution in [2.75, 3.05) is 7.11 Å². The van der Waals surface area contributed by atoms with E-state index in [1.54, 1.807) is 16.2 Å². The first kappa shape index (κ1) is 21.8. The summed E-state index contributed by atoms with van der Waals surface area (Å²) in [5.41, 5.74) is 5.41. The van der Waals surface area contributed by atoms with Crippen LogP contribution in [0.25, 0.3) is 44.1 Å². The Morgan fingerprint density at radius 3 is 2.71 bits per heavy atom. The molecule has 8 heteroatoms. The first-order valence-corrected chi connectivity index (χ1v) is 13.4. The maximum absolute atomic E-state index is 5.49. The van der Waals surface area contributed by atoms with Crippen LogP contribution in [0.15, 0.2) is 55.5 Å². The molecule has 31 heavy (non-hydrogen) atoms. The van der Waals surface area contributed by atoms with Gasteiger partial charge in [0.25, 0.3) is 0 Å². The van der Waals surface area contributed by atoms with Crippen LogP contribution in [0.1, 0.15) is 13.8 Å². The second kappa shape index (κ2) is 8.96. The largest absolute Gasteiger partial charge is 0.497 e. The van der Waals surface area contributed by atoms with Gasteiger partial charge in [-0.2, -0.15) is 5.10 Å². The first-order chi connectivity index (χ1) is 15.2. The van der Waals surface area contributed by atoms with Gasteiger partial charge in [-0.15, -0.1) is 6.58 Å². The van der Waals surface area contributed by atoms with Gasteiger partial charge in [0.15, 0.2) is 5.65 Å². The lowest BCUT2D eigenvalue weighted by Gasteiger charge is -2.05. The Morgan fingerprint density at radius 2 is 2.00 bits per heavy atom. The first-order valence-electron chi connectivity index (χ1n) is 10.1. The molecular weight excluding hydrogens is 521 g/mol. The molecule has 0 aliphatic carbocycles. The minimum absolute atomic E-state index is 0.741. The lowest BCUT2D eigenvalue weighted by Crippen LogP contribution is -1.92. The van der Waals surface area contributed by atoms with Crippen LogP contribution in [-0.4, -0.2) is 30.4 Å². The predicted octanol–water partition coefficient (Wildman–Crippen LogP) is 6.61. The van der Waals surface area contributed by atoms with E-state index in [0.29, 0.717) is 0 Å². The molecule has 0 aliphatic rings. The molecule has 0 aliphatic heterocycles. The highest BCUT2D eigenvalue weighted by Crippen LogP contribution is 2.40. The van der Waals surface area contributed by atoms with Crippen LogP contribution in [0.4, 0.5) is 0 Å². The number of rotatable bonds is 5. The summed E-state index contributed by atoms with van der Waals surface area (Å²) in [5.74, 6) is 0.840. The van der Waals surface area contributed by atoms with E-state index in [1.165, 1.54) is 0 Å². The third-order valence-electron chi connectivity index (χ3n) is 5.24. The molecule has 5 rings (SSSR count). The van der Waals surface area contributed by atoms with Gasteiger partial charge in [-0.05, 0) is 24.3 Å². The molecule has 4 heterocycles. The van der Waals surface area contributed by atoms with Crippen molar-refractivity contribution in [3.63, 3.8) is 0 Å². The molecule has 0 bridgehead atoms. The molecule has 4 aromatic heterocycles. The summed E-state index contributed by atoms with van der Waals surface area (Å²) < 4.78 is 11.8. The van der Waals surface area contributed by atoms with Crippen LogP contribution in [0.5, 0.6) is 5.75 Å². The Labute approximate surface area is 197 Å². The summed E-state index contributed by atoms with van der Waals surface area (Å²) in [4.78, 5) is 4.73. The SMILES string of the molecule is C=CCn1cc(-c2cc3c4c(cnc3n2SI)cnn4C)c2cc(OC)ccc21.CC. The minimum Gasteiger partial charge on any atom is -0.497 e. The molecule has 1 aromatic carbocycles. The summed E-state index contributed by atoms with van der Waals surface area (Å²) in [6.07, 6.45) is 7.85. The quantitative estimate of drug-likeness (QED) is 0.184. The third-order valence-corrected chi connectivity index (χ3v) is 6.93. The maximum atomic E-state index is 5.49. The van der Waals surface area contributed by atoms with E-state index in [1.807, 2.05) is 50.1 Å². The van der Waals surface area contributed by atoms with Crippen molar-refractivity contribution in [1.29, 1.82) is 0 Å². The third kappa shape index (κ3) is 3.51. The molecule has 5 aromatic rings. The Hall–Kier alpha value is -2.46. The summed E-state index contributed by atoms with van der Waals surface area (Å²) in [7, 11) is 5.28. The highest BCUT2D eigenvalue weighted by molar-refractivity contribution is 14.2. The number of fused-ring (bicyclic) bond motifs is 4. The molecule has 0 saturated heterocycles. The number of methoxy groups -OCH3 is 1. The highest BCUT2D eigenvalue weighted by atomic mass is 127. The normalized spacial score (nSPS) is 11.1. The van der Waals surface area contributed by atoms with Gasteiger partial charge in [-0.25, -0.2) is 4.98 Å². The number of allylic oxidation sites excluding steroid dienone is 1. The predicted molar refractivity (Wildman–Crippen MR) is 140 cm³/mol. The molecule has 0 radical (unpaired) electrons. The van der Waals surface area contributed by atoms with E-state index in [2.05, 4.69) is 65.8 Å². The summed E-state index contributed by atoms with van der Waals surface area (Å²) in [6, 6.07) is 8.40. The average Bonchev–Trinajstić information content (AvgIpc) is 3.47. The van der Waals surface area contributed by atoms with E-state index < -0.39 is 0 Å². The lowest BCUT2D eigenvalue weighted by atomic mass is 10.1. The molecule has 160 valence electrons. The standard InChI is InChI=1S/C21H18IN5OS.C2H6/c1-4-7-26-12-17(15-8-14(28-3)5-6-18(15)26)19-9-16-20-13(11-24-25(20)2)10-23-21(16)27(19)29-22;1-2/h4-6,8-12H,1,7H2,2-3H3;1-2H3. The van der Waals surface area contributed by atoms with Gasteiger partial charge in [0, 0.05) is 83.5 Å². The molecule has 0 saturated carbocycles. The summed E-state index contributed by atoms with van der Waals surface area (Å²) in [6.45, 7) is 8.65. The van der Waals surface area contributed by atoms with Crippen LogP contribution in [0.3, 0.4) is 0 Å². The monoisotopic (exact) mass is 545 g/mol. The van der Waals surface area contributed by atoms with Gasteiger partial charge in [0.1, 0.15) is 5.75 Å². The second-order valence-electron chi connectivity index (χ2n) is 6.83. The van der Waals surface area contributed by atoms with Gasteiger partial charge in [0.05, 0.1) is 24.5 Å². The number of aromatic nitrogens is 5. The number of halogens is 1. The highest BCUT2D eigenvalue weighted by Gasteiger charge is 2.20. The summed E-state index contributed by atoms with van der Waals surface area (Å²) >= 11 is 2.31. The zero-order valence-electron chi connectivity index (χ0n) is 18.0. The molecule has 0 spiro atoms.